The quantitative estimate of drug-likeness (QED) is 0.301. The van der Waals surface area contributed by atoms with E-state index in [1.54, 1.807) is 0 Å². The Kier molecular flexibility index (Phi) is 5.62. The Morgan fingerprint density at radius 2 is 1.58 bits per heavy atom. The van der Waals surface area contributed by atoms with Gasteiger partial charge in [0.1, 0.15) is 11.6 Å². The van der Waals surface area contributed by atoms with Gasteiger partial charge in [0.2, 0.25) is 0 Å². The van der Waals surface area contributed by atoms with Gasteiger partial charge in [0.15, 0.2) is 0 Å². The summed E-state index contributed by atoms with van der Waals surface area (Å²) in [5, 5.41) is 3.55. The minimum Gasteiger partial charge on any atom is -0.342 e. The molecule has 0 amide bonds. The van der Waals surface area contributed by atoms with E-state index in [4.69, 9.17) is 9.97 Å². The van der Waals surface area contributed by atoms with Crippen molar-refractivity contribution in [2.75, 3.05) is 18.0 Å². The van der Waals surface area contributed by atoms with E-state index in [2.05, 4.69) is 62.6 Å². The number of fused-ring (bicyclic) bond motifs is 1. The van der Waals surface area contributed by atoms with E-state index in [0.717, 1.165) is 55.4 Å². The van der Waals surface area contributed by atoms with Crippen molar-refractivity contribution in [1.82, 2.24) is 25.3 Å². The van der Waals surface area contributed by atoms with Gasteiger partial charge in [-0.2, -0.15) is 0 Å². The molecule has 1 atom stereocenters. The minimum atomic E-state index is 0.359. The summed E-state index contributed by atoms with van der Waals surface area (Å²) in [6, 6.07) is 16.0. The highest BCUT2D eigenvalue weighted by Gasteiger charge is 2.24. The van der Waals surface area contributed by atoms with Gasteiger partial charge in [-0.3, -0.25) is 0 Å². The summed E-state index contributed by atoms with van der Waals surface area (Å²) in [6.45, 7) is 2.11. The summed E-state index contributed by atoms with van der Waals surface area (Å²) < 4.78 is 0. The zero-order valence-electron chi connectivity index (χ0n) is 20.8. The maximum atomic E-state index is 4.73. The molecule has 4 aromatic rings. The van der Waals surface area contributed by atoms with Crippen LogP contribution in [0, 0.1) is 0 Å². The Hall–Kier alpha value is -3.38. The number of anilines is 2. The molecule has 1 saturated heterocycles. The molecule has 1 saturated carbocycles. The Balaban J connectivity index is 1.15. The molecular formula is C30H34N6. The normalized spacial score (nSPS) is 20.2. The highest BCUT2D eigenvalue weighted by Crippen LogP contribution is 2.39. The molecule has 184 valence electrons. The predicted molar refractivity (Wildman–Crippen MR) is 145 cm³/mol. The van der Waals surface area contributed by atoms with E-state index in [1.807, 2.05) is 12.4 Å². The Bertz CT molecular complexity index is 1340. The first-order valence-corrected chi connectivity index (χ1v) is 13.7. The van der Waals surface area contributed by atoms with E-state index in [-0.39, 0.29) is 0 Å². The van der Waals surface area contributed by atoms with Gasteiger partial charge in [0.25, 0.3) is 0 Å². The number of benzene rings is 2. The fourth-order valence-electron chi connectivity index (χ4n) is 6.42. The van der Waals surface area contributed by atoms with Crippen LogP contribution in [-0.2, 0) is 6.42 Å². The third-order valence-corrected chi connectivity index (χ3v) is 8.35. The Labute approximate surface area is 212 Å². The van der Waals surface area contributed by atoms with Crippen LogP contribution in [0.15, 0.2) is 54.9 Å². The average Bonchev–Trinajstić information content (AvgIpc) is 3.75. The third-order valence-electron chi connectivity index (χ3n) is 8.35. The van der Waals surface area contributed by atoms with Crippen molar-refractivity contribution >= 4 is 11.4 Å². The summed E-state index contributed by atoms with van der Waals surface area (Å²) in [7, 11) is 0. The lowest BCUT2D eigenvalue weighted by Crippen LogP contribution is -2.24. The number of H-pyrrole nitrogens is 2. The number of nitrogens with one attached hydrogen (secondary N) is 3. The van der Waals surface area contributed by atoms with Gasteiger partial charge < -0.3 is 20.2 Å². The lowest BCUT2D eigenvalue weighted by atomic mass is 9.94. The summed E-state index contributed by atoms with van der Waals surface area (Å²) in [5.74, 6) is 2.84. The number of nitrogens with zero attached hydrogens (tertiary/aromatic N) is 3. The second-order valence-corrected chi connectivity index (χ2v) is 10.6. The molecule has 2 aromatic carbocycles. The van der Waals surface area contributed by atoms with E-state index < -0.39 is 0 Å². The largest absolute Gasteiger partial charge is 0.342 e. The summed E-state index contributed by atoms with van der Waals surface area (Å²) in [5.41, 5.74) is 8.70. The second-order valence-electron chi connectivity index (χ2n) is 10.6. The Morgan fingerprint density at radius 1 is 0.778 bits per heavy atom. The number of aromatic nitrogens is 4. The molecule has 6 nitrogen and oxygen atoms in total. The smallest absolute Gasteiger partial charge is 0.123 e. The molecule has 7 rings (SSSR count). The molecule has 2 aliphatic heterocycles. The molecule has 0 radical (unpaired) electrons. The monoisotopic (exact) mass is 478 g/mol. The van der Waals surface area contributed by atoms with Gasteiger partial charge in [0, 0.05) is 29.4 Å². The standard InChI is InChI=1S/C30H34N6/c1-2-7-21(6-1)29-32-18-26(34-29)20-12-14-22(15-13-20)36-17-5-9-24-23(8-3-11-28(24)36)27-19-33-30(35-27)25-10-4-16-31-25/h3,8,11-15,18-19,21,25,31H,1-2,4-7,9-10,16-17H2,(H,32,34)(H,33,35). The predicted octanol–water partition coefficient (Wildman–Crippen LogP) is 6.63. The van der Waals surface area contributed by atoms with Crippen molar-refractivity contribution in [2.24, 2.45) is 0 Å². The van der Waals surface area contributed by atoms with Crippen LogP contribution in [-0.4, -0.2) is 33.0 Å². The van der Waals surface area contributed by atoms with Crippen molar-refractivity contribution < 1.29 is 0 Å². The summed E-state index contributed by atoms with van der Waals surface area (Å²) >= 11 is 0. The van der Waals surface area contributed by atoms with Crippen LogP contribution in [0.3, 0.4) is 0 Å². The molecule has 1 aliphatic carbocycles. The van der Waals surface area contributed by atoms with Crippen LogP contribution in [0.4, 0.5) is 11.4 Å². The fraction of sp³-hybridized carbons (Fsp3) is 0.400. The van der Waals surface area contributed by atoms with Crippen molar-refractivity contribution in [2.45, 2.75) is 63.3 Å². The molecule has 3 aliphatic rings. The van der Waals surface area contributed by atoms with E-state index >= 15 is 0 Å². The van der Waals surface area contributed by atoms with Gasteiger partial charge in [0.05, 0.1) is 29.8 Å². The van der Waals surface area contributed by atoms with E-state index in [1.165, 1.54) is 60.2 Å². The average molecular weight is 479 g/mol. The molecule has 36 heavy (non-hydrogen) atoms. The number of aromatic amines is 2. The van der Waals surface area contributed by atoms with Gasteiger partial charge >= 0.3 is 0 Å². The zero-order chi connectivity index (χ0) is 23.9. The lowest BCUT2D eigenvalue weighted by molar-refractivity contribution is 0.613. The maximum absolute atomic E-state index is 4.73. The Morgan fingerprint density at radius 3 is 2.42 bits per heavy atom. The third kappa shape index (κ3) is 3.94. The second kappa shape index (κ2) is 9.25. The van der Waals surface area contributed by atoms with Crippen LogP contribution >= 0.6 is 0 Å². The van der Waals surface area contributed by atoms with E-state index in [9.17, 15) is 0 Å². The molecule has 2 fully saturated rings. The molecule has 4 heterocycles. The summed E-state index contributed by atoms with van der Waals surface area (Å²) in [4.78, 5) is 19.1. The van der Waals surface area contributed by atoms with Gasteiger partial charge in [-0.25, -0.2) is 9.97 Å². The lowest BCUT2D eigenvalue weighted by Gasteiger charge is -2.32. The molecule has 2 aromatic heterocycles. The number of imidazole rings is 2. The van der Waals surface area contributed by atoms with Crippen molar-refractivity contribution in [3.8, 4) is 22.5 Å². The topological polar surface area (TPSA) is 72.6 Å². The highest BCUT2D eigenvalue weighted by atomic mass is 15.1. The first-order valence-electron chi connectivity index (χ1n) is 13.7. The van der Waals surface area contributed by atoms with Crippen LogP contribution in [0.25, 0.3) is 22.5 Å². The molecule has 0 spiro atoms. The first-order chi connectivity index (χ1) is 17.8. The molecule has 1 unspecified atom stereocenters. The van der Waals surface area contributed by atoms with Crippen LogP contribution < -0.4 is 10.2 Å². The van der Waals surface area contributed by atoms with Crippen LogP contribution in [0.1, 0.15) is 74.1 Å². The first kappa shape index (κ1) is 21.9. The van der Waals surface area contributed by atoms with Crippen molar-refractivity contribution in [1.29, 1.82) is 0 Å². The van der Waals surface area contributed by atoms with Crippen LogP contribution in [0.2, 0.25) is 0 Å². The van der Waals surface area contributed by atoms with Gasteiger partial charge in [-0.15, -0.1) is 0 Å². The summed E-state index contributed by atoms with van der Waals surface area (Å²) in [6.07, 6.45) is 13.8. The van der Waals surface area contributed by atoms with Crippen LogP contribution in [0.5, 0.6) is 0 Å². The van der Waals surface area contributed by atoms with Crippen molar-refractivity contribution in [3.63, 3.8) is 0 Å². The molecular weight excluding hydrogens is 444 g/mol. The van der Waals surface area contributed by atoms with E-state index in [0.29, 0.717) is 12.0 Å². The number of hydrogen-bond acceptors (Lipinski definition) is 4. The molecule has 0 bridgehead atoms. The highest BCUT2D eigenvalue weighted by molar-refractivity contribution is 5.78. The maximum Gasteiger partial charge on any atom is 0.123 e. The number of rotatable bonds is 5. The van der Waals surface area contributed by atoms with Gasteiger partial charge in [-0.1, -0.05) is 37.1 Å². The number of hydrogen-bond donors (Lipinski definition) is 3. The van der Waals surface area contributed by atoms with Gasteiger partial charge in [-0.05, 0) is 74.4 Å². The molecule has 3 N–H and O–H groups in total. The minimum absolute atomic E-state index is 0.359. The van der Waals surface area contributed by atoms with Crippen molar-refractivity contribution in [3.05, 3.63) is 72.1 Å². The fourth-order valence-corrected chi connectivity index (χ4v) is 6.42. The SMILES string of the molecule is c1cc(-c2cnc(C3CCCN3)[nH]2)c2c(c1)N(c1ccc(-c3cnc(C4CCCC4)[nH]3)cc1)CCC2. The zero-order valence-corrected chi connectivity index (χ0v) is 20.8. The molecule has 6 heteroatoms.